The smallest absolute Gasteiger partial charge is 0.140 e. The molecule has 126 valence electrons. The maximum Gasteiger partial charge on any atom is 0.140 e. The van der Waals surface area contributed by atoms with Crippen molar-refractivity contribution in [1.82, 2.24) is 14.5 Å². The predicted octanol–water partition coefficient (Wildman–Crippen LogP) is 2.91. The Hall–Kier alpha value is -2.19. The van der Waals surface area contributed by atoms with Gasteiger partial charge in [-0.2, -0.15) is 5.26 Å². The minimum Gasteiger partial charge on any atom is -0.392 e. The van der Waals surface area contributed by atoms with Gasteiger partial charge in [-0.3, -0.25) is 0 Å². The molecule has 1 aliphatic heterocycles. The average Bonchev–Trinajstić information content (AvgIpc) is 3.41. The molecule has 7 rings (SSSR count). The highest BCUT2D eigenvalue weighted by Gasteiger charge is 2.65. The van der Waals surface area contributed by atoms with Crippen LogP contribution in [0.5, 0.6) is 0 Å². The van der Waals surface area contributed by atoms with Crippen LogP contribution in [0.1, 0.15) is 49.4 Å². The van der Waals surface area contributed by atoms with E-state index in [0.717, 1.165) is 34.6 Å². The minimum absolute atomic E-state index is 0.0591. The first-order chi connectivity index (χ1) is 12.2. The van der Waals surface area contributed by atoms with E-state index in [-0.39, 0.29) is 17.6 Å². The molecule has 3 heterocycles. The highest BCUT2D eigenvalue weighted by molar-refractivity contribution is 5.68. The monoisotopic (exact) mass is 332 g/mol. The lowest BCUT2D eigenvalue weighted by Crippen LogP contribution is -2.36. The van der Waals surface area contributed by atoms with Gasteiger partial charge in [0.1, 0.15) is 11.8 Å². The SMILES string of the molecule is N#Cc1cc2c(cn1)-c1cncn1C2CC(O)C12CC3CC1CC3C2. The summed E-state index contributed by atoms with van der Waals surface area (Å²) in [5.74, 6) is 2.47. The van der Waals surface area contributed by atoms with E-state index in [1.165, 1.54) is 25.7 Å². The molecule has 1 N–H and O–H groups in total. The van der Waals surface area contributed by atoms with E-state index < -0.39 is 0 Å². The van der Waals surface area contributed by atoms with E-state index in [1.54, 1.807) is 6.20 Å². The Labute approximate surface area is 146 Å². The molecule has 4 atom stereocenters. The molecule has 5 heteroatoms. The molecule has 2 aromatic rings. The number of aliphatic hydroxyl groups excluding tert-OH is 1. The Balaban J connectivity index is 1.38. The maximum absolute atomic E-state index is 11.3. The van der Waals surface area contributed by atoms with Crippen molar-refractivity contribution in [2.45, 2.75) is 44.2 Å². The molecule has 4 unspecified atom stereocenters. The van der Waals surface area contributed by atoms with Crippen LogP contribution >= 0.6 is 0 Å². The lowest BCUT2D eigenvalue weighted by atomic mass is 9.73. The summed E-state index contributed by atoms with van der Waals surface area (Å²) in [5, 5.41) is 20.5. The van der Waals surface area contributed by atoms with Gasteiger partial charge in [-0.15, -0.1) is 0 Å². The molecule has 25 heavy (non-hydrogen) atoms. The van der Waals surface area contributed by atoms with Crippen LogP contribution in [0.4, 0.5) is 0 Å². The van der Waals surface area contributed by atoms with Crippen molar-refractivity contribution in [3.05, 3.63) is 36.0 Å². The minimum atomic E-state index is -0.278. The first-order valence-corrected chi connectivity index (χ1v) is 9.30. The number of aromatic nitrogens is 3. The lowest BCUT2D eigenvalue weighted by Gasteiger charge is -2.36. The fraction of sp³-hybridized carbons (Fsp3) is 0.550. The fourth-order valence-electron chi connectivity index (χ4n) is 6.74. The van der Waals surface area contributed by atoms with E-state index in [1.807, 2.05) is 18.6 Å². The summed E-state index contributed by atoms with van der Waals surface area (Å²) in [6.07, 6.45) is 11.0. The van der Waals surface area contributed by atoms with Gasteiger partial charge >= 0.3 is 0 Å². The van der Waals surface area contributed by atoms with Gasteiger partial charge in [-0.25, -0.2) is 9.97 Å². The van der Waals surface area contributed by atoms with Crippen molar-refractivity contribution in [3.8, 4) is 17.3 Å². The number of aliphatic hydroxyl groups is 1. The van der Waals surface area contributed by atoms with Crippen molar-refractivity contribution in [1.29, 1.82) is 5.26 Å². The van der Waals surface area contributed by atoms with Gasteiger partial charge in [0, 0.05) is 11.8 Å². The lowest BCUT2D eigenvalue weighted by molar-refractivity contribution is 0.000900. The molecular weight excluding hydrogens is 312 g/mol. The third-order valence-corrected chi connectivity index (χ3v) is 7.74. The van der Waals surface area contributed by atoms with Gasteiger partial charge in [0.05, 0.1) is 30.4 Å². The quantitative estimate of drug-likeness (QED) is 0.938. The van der Waals surface area contributed by atoms with E-state index >= 15 is 0 Å². The number of hydrogen-bond acceptors (Lipinski definition) is 4. The molecule has 4 bridgehead atoms. The molecule has 5 nitrogen and oxygen atoms in total. The highest BCUT2D eigenvalue weighted by atomic mass is 16.3. The van der Waals surface area contributed by atoms with Crippen LogP contribution in [0.15, 0.2) is 24.8 Å². The zero-order chi connectivity index (χ0) is 16.8. The molecule has 0 aromatic carbocycles. The van der Waals surface area contributed by atoms with E-state index in [2.05, 4.69) is 20.6 Å². The van der Waals surface area contributed by atoms with Crippen molar-refractivity contribution < 1.29 is 5.11 Å². The molecule has 4 aliphatic carbocycles. The Morgan fingerprint density at radius 1 is 1.32 bits per heavy atom. The molecule has 0 saturated heterocycles. The molecule has 4 fully saturated rings. The molecule has 0 amide bonds. The van der Waals surface area contributed by atoms with Gasteiger partial charge in [0.15, 0.2) is 0 Å². The topological polar surface area (TPSA) is 74.7 Å². The Bertz CT molecular complexity index is 912. The third-order valence-electron chi connectivity index (χ3n) is 7.74. The zero-order valence-corrected chi connectivity index (χ0v) is 14.0. The summed E-state index contributed by atoms with van der Waals surface area (Å²) in [4.78, 5) is 8.53. The average molecular weight is 332 g/mol. The van der Waals surface area contributed by atoms with E-state index in [9.17, 15) is 10.4 Å². The zero-order valence-electron chi connectivity index (χ0n) is 14.0. The van der Waals surface area contributed by atoms with Gasteiger partial charge in [0.25, 0.3) is 0 Å². The van der Waals surface area contributed by atoms with Gasteiger partial charge < -0.3 is 9.67 Å². The van der Waals surface area contributed by atoms with Crippen LogP contribution in [-0.2, 0) is 0 Å². The third kappa shape index (κ3) is 1.61. The number of rotatable bonds is 3. The summed E-state index contributed by atoms with van der Waals surface area (Å²) < 4.78 is 2.15. The van der Waals surface area contributed by atoms with Crippen LogP contribution in [0, 0.1) is 34.5 Å². The second-order valence-corrected chi connectivity index (χ2v) is 8.55. The summed E-state index contributed by atoms with van der Waals surface area (Å²) in [6, 6.07) is 4.10. The second kappa shape index (κ2) is 4.50. The molecule has 4 saturated carbocycles. The standard InChI is InChI=1S/C20H20N4O/c21-7-14-3-15-16(8-23-14)18-9-22-10-24(18)17(15)4-19(25)20-5-11-1-13(20)2-12(11)6-20/h3,8-13,17,19,25H,1-2,4-6H2. The van der Waals surface area contributed by atoms with Crippen molar-refractivity contribution in [2.75, 3.05) is 0 Å². The normalized spacial score (nSPS) is 37.3. The number of nitriles is 1. The van der Waals surface area contributed by atoms with Crippen LogP contribution in [-0.4, -0.2) is 25.7 Å². The van der Waals surface area contributed by atoms with Gasteiger partial charge in [-0.05, 0) is 66.9 Å². The van der Waals surface area contributed by atoms with Crippen LogP contribution < -0.4 is 0 Å². The predicted molar refractivity (Wildman–Crippen MR) is 90.3 cm³/mol. The summed E-state index contributed by atoms with van der Waals surface area (Å²) in [6.45, 7) is 0. The number of pyridine rings is 1. The van der Waals surface area contributed by atoms with Crippen LogP contribution in [0.3, 0.4) is 0 Å². The molecule has 0 spiro atoms. The number of imidazole rings is 1. The summed E-state index contributed by atoms with van der Waals surface area (Å²) in [7, 11) is 0. The Morgan fingerprint density at radius 3 is 2.80 bits per heavy atom. The highest BCUT2D eigenvalue weighted by Crippen LogP contribution is 2.71. The number of nitrogens with zero attached hydrogens (tertiary/aromatic N) is 4. The van der Waals surface area contributed by atoms with Crippen molar-refractivity contribution in [2.24, 2.45) is 23.2 Å². The fourth-order valence-corrected chi connectivity index (χ4v) is 6.74. The largest absolute Gasteiger partial charge is 0.392 e. The molecule has 0 radical (unpaired) electrons. The Morgan fingerprint density at radius 2 is 2.12 bits per heavy atom. The van der Waals surface area contributed by atoms with Gasteiger partial charge in [-0.1, -0.05) is 0 Å². The Kier molecular flexibility index (Phi) is 2.53. The van der Waals surface area contributed by atoms with Gasteiger partial charge in [0.2, 0.25) is 0 Å². The van der Waals surface area contributed by atoms with Crippen LogP contribution in [0.25, 0.3) is 11.3 Å². The number of fused-ring (bicyclic) bond motifs is 3. The first kappa shape index (κ1) is 14.0. The van der Waals surface area contributed by atoms with Crippen molar-refractivity contribution >= 4 is 0 Å². The molecule has 5 aliphatic rings. The van der Waals surface area contributed by atoms with E-state index in [4.69, 9.17) is 0 Å². The second-order valence-electron chi connectivity index (χ2n) is 8.55. The van der Waals surface area contributed by atoms with E-state index in [0.29, 0.717) is 12.1 Å². The molecule has 2 aromatic heterocycles. The number of hydrogen-bond donors (Lipinski definition) is 1. The summed E-state index contributed by atoms with van der Waals surface area (Å²) >= 11 is 0. The van der Waals surface area contributed by atoms with Crippen molar-refractivity contribution in [3.63, 3.8) is 0 Å². The maximum atomic E-state index is 11.3. The first-order valence-electron chi connectivity index (χ1n) is 9.30. The van der Waals surface area contributed by atoms with Crippen LogP contribution in [0.2, 0.25) is 0 Å². The molecular formula is C20H20N4O. The summed E-state index contributed by atoms with van der Waals surface area (Å²) in [5.41, 5.74) is 3.80.